The molecule has 64 valence electrons. The average Bonchev–Trinajstić information content (AvgIpc) is 1.82. The molecule has 0 aliphatic rings. The predicted molar refractivity (Wildman–Crippen MR) is 46.1 cm³/mol. The van der Waals surface area contributed by atoms with Crippen LogP contribution in [0.1, 0.15) is 17.2 Å². The van der Waals surface area contributed by atoms with Crippen LogP contribution >= 0.6 is 0 Å². The van der Waals surface area contributed by atoms with Crippen molar-refractivity contribution in [3.8, 4) is 0 Å². The molecule has 5 heteroatoms. The van der Waals surface area contributed by atoms with E-state index < -0.39 is 7.12 Å². The maximum absolute atomic E-state index is 8.95. The zero-order valence-electron chi connectivity index (χ0n) is 7.37. The van der Waals surface area contributed by atoms with E-state index in [2.05, 4.69) is 9.97 Å². The zero-order chi connectivity index (χ0) is 9.30. The van der Waals surface area contributed by atoms with Crippen molar-refractivity contribution in [3.63, 3.8) is 0 Å². The second-order valence-corrected chi connectivity index (χ2v) is 2.73. The highest BCUT2D eigenvalue weighted by molar-refractivity contribution is 6.59. The van der Waals surface area contributed by atoms with Crippen molar-refractivity contribution in [2.45, 2.75) is 20.8 Å². The first-order chi connectivity index (χ1) is 5.52. The lowest BCUT2D eigenvalue weighted by atomic mass is 9.78. The number of rotatable bonds is 1. The summed E-state index contributed by atoms with van der Waals surface area (Å²) in [5.74, 6) is 0.648. The third kappa shape index (κ3) is 1.62. The summed E-state index contributed by atoms with van der Waals surface area (Å²) in [7, 11) is -1.48. The van der Waals surface area contributed by atoms with Crippen LogP contribution in [0.4, 0.5) is 0 Å². The highest BCUT2D eigenvalue weighted by atomic mass is 16.4. The lowest BCUT2D eigenvalue weighted by Crippen LogP contribution is -2.36. The molecule has 0 atom stereocenters. The van der Waals surface area contributed by atoms with Crippen LogP contribution in [0.25, 0.3) is 0 Å². The first-order valence-electron chi connectivity index (χ1n) is 3.70. The molecule has 0 aromatic carbocycles. The minimum absolute atomic E-state index is 0.403. The normalized spacial score (nSPS) is 10.1. The summed E-state index contributed by atoms with van der Waals surface area (Å²) in [6.07, 6.45) is 0. The Morgan fingerprint density at radius 2 is 1.42 bits per heavy atom. The van der Waals surface area contributed by atoms with Crippen molar-refractivity contribution in [3.05, 3.63) is 17.2 Å². The van der Waals surface area contributed by atoms with Gasteiger partial charge in [-0.1, -0.05) is 0 Å². The highest BCUT2D eigenvalue weighted by Crippen LogP contribution is 1.96. The molecule has 1 aromatic rings. The molecule has 0 saturated heterocycles. The Balaban J connectivity index is 3.28. The number of aryl methyl sites for hydroxylation is 3. The molecule has 0 saturated carbocycles. The molecule has 1 rings (SSSR count). The average molecular weight is 166 g/mol. The lowest BCUT2D eigenvalue weighted by Gasteiger charge is -2.07. The van der Waals surface area contributed by atoms with Gasteiger partial charge in [-0.3, -0.25) is 0 Å². The van der Waals surface area contributed by atoms with Gasteiger partial charge in [-0.05, 0) is 20.8 Å². The monoisotopic (exact) mass is 166 g/mol. The second kappa shape index (κ2) is 3.20. The van der Waals surface area contributed by atoms with Gasteiger partial charge >= 0.3 is 7.12 Å². The van der Waals surface area contributed by atoms with Crippen LogP contribution in [0.15, 0.2) is 0 Å². The van der Waals surface area contributed by atoms with E-state index in [9.17, 15) is 0 Å². The predicted octanol–water partition coefficient (Wildman–Crippen LogP) is -0.918. The summed E-state index contributed by atoms with van der Waals surface area (Å²) < 4.78 is 0. The third-order valence-corrected chi connectivity index (χ3v) is 1.70. The van der Waals surface area contributed by atoms with Gasteiger partial charge in [0.15, 0.2) is 0 Å². The summed E-state index contributed by atoms with van der Waals surface area (Å²) in [6.45, 7) is 5.24. The summed E-state index contributed by atoms with van der Waals surface area (Å²) in [6, 6.07) is 0. The van der Waals surface area contributed by atoms with Crippen molar-refractivity contribution >= 4 is 12.6 Å². The Labute approximate surface area is 71.4 Å². The Hall–Kier alpha value is -0.935. The van der Waals surface area contributed by atoms with Gasteiger partial charge in [0.1, 0.15) is 5.82 Å². The van der Waals surface area contributed by atoms with Gasteiger partial charge in [0.25, 0.3) is 0 Å². The van der Waals surface area contributed by atoms with E-state index in [1.807, 2.05) is 0 Å². The molecule has 0 fully saturated rings. The van der Waals surface area contributed by atoms with E-state index >= 15 is 0 Å². The first-order valence-corrected chi connectivity index (χ1v) is 3.70. The Bertz CT molecular complexity index is 278. The van der Waals surface area contributed by atoms with Crippen molar-refractivity contribution < 1.29 is 10.0 Å². The standard InChI is InChI=1S/C7H11BN2O2/c1-4-7(8(11)12)5(2)10-6(3)9-4/h11-12H,1-3H3. The van der Waals surface area contributed by atoms with Crippen molar-refractivity contribution in [1.82, 2.24) is 9.97 Å². The van der Waals surface area contributed by atoms with Gasteiger partial charge in [-0.25, -0.2) is 9.97 Å². The van der Waals surface area contributed by atoms with Crippen LogP contribution < -0.4 is 5.46 Å². The minimum Gasteiger partial charge on any atom is -0.423 e. The second-order valence-electron chi connectivity index (χ2n) is 2.73. The quantitative estimate of drug-likeness (QED) is 0.529. The Morgan fingerprint density at radius 3 is 1.75 bits per heavy atom. The topological polar surface area (TPSA) is 66.2 Å². The Morgan fingerprint density at radius 1 is 1.00 bits per heavy atom. The molecular weight excluding hydrogens is 155 g/mol. The van der Waals surface area contributed by atoms with Crippen molar-refractivity contribution in [2.75, 3.05) is 0 Å². The largest absolute Gasteiger partial charge is 0.492 e. The molecule has 12 heavy (non-hydrogen) atoms. The van der Waals surface area contributed by atoms with Gasteiger partial charge in [0.05, 0.1) is 0 Å². The molecule has 1 aromatic heterocycles. The molecule has 0 radical (unpaired) electrons. The molecule has 2 N–H and O–H groups in total. The fraction of sp³-hybridized carbons (Fsp3) is 0.429. The molecule has 0 unspecified atom stereocenters. The number of nitrogens with zero attached hydrogens (tertiary/aromatic N) is 2. The lowest BCUT2D eigenvalue weighted by molar-refractivity contribution is 0.425. The molecule has 4 nitrogen and oxygen atoms in total. The van der Waals surface area contributed by atoms with Crippen LogP contribution in [-0.2, 0) is 0 Å². The van der Waals surface area contributed by atoms with Gasteiger partial charge in [0, 0.05) is 16.9 Å². The van der Waals surface area contributed by atoms with Crippen LogP contribution in [0.2, 0.25) is 0 Å². The molecule has 0 bridgehead atoms. The van der Waals surface area contributed by atoms with Gasteiger partial charge in [-0.2, -0.15) is 0 Å². The zero-order valence-corrected chi connectivity index (χ0v) is 7.37. The molecule has 0 aliphatic heterocycles. The highest BCUT2D eigenvalue weighted by Gasteiger charge is 2.18. The fourth-order valence-electron chi connectivity index (χ4n) is 1.27. The van der Waals surface area contributed by atoms with Crippen LogP contribution in [0.5, 0.6) is 0 Å². The van der Waals surface area contributed by atoms with Crippen LogP contribution in [0.3, 0.4) is 0 Å². The van der Waals surface area contributed by atoms with Gasteiger partial charge < -0.3 is 10.0 Å². The van der Waals surface area contributed by atoms with Gasteiger partial charge in [-0.15, -0.1) is 0 Å². The van der Waals surface area contributed by atoms with E-state index in [0.717, 1.165) is 0 Å². The molecule has 0 aliphatic carbocycles. The maximum Gasteiger partial charge on any atom is 0.492 e. The maximum atomic E-state index is 8.95. The van der Waals surface area contributed by atoms with E-state index in [4.69, 9.17) is 10.0 Å². The molecule has 1 heterocycles. The van der Waals surface area contributed by atoms with Crippen LogP contribution in [-0.4, -0.2) is 27.1 Å². The van der Waals surface area contributed by atoms with Crippen LogP contribution in [0, 0.1) is 20.8 Å². The third-order valence-electron chi connectivity index (χ3n) is 1.70. The van der Waals surface area contributed by atoms with E-state index in [0.29, 0.717) is 22.7 Å². The Kier molecular flexibility index (Phi) is 2.44. The summed E-state index contributed by atoms with van der Waals surface area (Å²) >= 11 is 0. The van der Waals surface area contributed by atoms with Crippen molar-refractivity contribution in [2.24, 2.45) is 0 Å². The van der Waals surface area contributed by atoms with E-state index in [-0.39, 0.29) is 0 Å². The minimum atomic E-state index is -1.48. The smallest absolute Gasteiger partial charge is 0.423 e. The summed E-state index contributed by atoms with van der Waals surface area (Å²) in [4.78, 5) is 8.05. The number of hydrogen-bond acceptors (Lipinski definition) is 4. The molecule has 0 amide bonds. The summed E-state index contributed by atoms with van der Waals surface area (Å²) in [5, 5.41) is 17.9. The first kappa shape index (κ1) is 9.16. The number of hydrogen-bond donors (Lipinski definition) is 2. The summed E-state index contributed by atoms with van der Waals surface area (Å²) in [5.41, 5.74) is 1.64. The number of aromatic nitrogens is 2. The van der Waals surface area contributed by atoms with E-state index in [1.54, 1.807) is 20.8 Å². The van der Waals surface area contributed by atoms with E-state index in [1.165, 1.54) is 0 Å². The SMILES string of the molecule is Cc1nc(C)c(B(O)O)c(C)n1. The van der Waals surface area contributed by atoms with Crippen molar-refractivity contribution in [1.29, 1.82) is 0 Å². The molecular formula is C7H11BN2O2. The van der Waals surface area contributed by atoms with Gasteiger partial charge in [0.2, 0.25) is 0 Å². The fourth-order valence-corrected chi connectivity index (χ4v) is 1.27. The molecule has 0 spiro atoms.